The van der Waals surface area contributed by atoms with Crippen molar-refractivity contribution in [3.8, 4) is 17.3 Å². The summed E-state index contributed by atoms with van der Waals surface area (Å²) in [6.45, 7) is 8.46. The summed E-state index contributed by atoms with van der Waals surface area (Å²) in [6.07, 6.45) is 7.73. The normalized spacial score (nSPS) is 21.7. The lowest BCUT2D eigenvalue weighted by Crippen LogP contribution is -2.46. The molecule has 5 rings (SSSR count). The minimum atomic E-state index is -0.408. The van der Waals surface area contributed by atoms with Gasteiger partial charge in [0.05, 0.1) is 23.3 Å². The average Bonchev–Trinajstić information content (AvgIpc) is 3.55. The van der Waals surface area contributed by atoms with E-state index in [1.165, 1.54) is 0 Å². The van der Waals surface area contributed by atoms with E-state index in [4.69, 9.17) is 14.5 Å². The van der Waals surface area contributed by atoms with E-state index in [0.29, 0.717) is 44.3 Å². The molecular weight excluding hydrogens is 532 g/mol. The molecule has 0 radical (unpaired) electrons. The molecule has 2 atom stereocenters. The summed E-state index contributed by atoms with van der Waals surface area (Å²) in [4.78, 5) is 9.56. The summed E-state index contributed by atoms with van der Waals surface area (Å²) in [5.74, 6) is 2.20. The van der Waals surface area contributed by atoms with Crippen molar-refractivity contribution in [1.29, 1.82) is 5.26 Å². The van der Waals surface area contributed by atoms with Crippen molar-refractivity contribution < 1.29 is 9.47 Å². The maximum Gasteiger partial charge on any atom is 0.200 e. The van der Waals surface area contributed by atoms with Crippen molar-refractivity contribution >= 4 is 11.6 Å². The van der Waals surface area contributed by atoms with Gasteiger partial charge in [0.2, 0.25) is 0 Å². The van der Waals surface area contributed by atoms with Crippen LogP contribution >= 0.6 is 0 Å². The monoisotopic (exact) mass is 574 g/mol. The van der Waals surface area contributed by atoms with Crippen LogP contribution in [0.25, 0.3) is 11.3 Å². The Labute approximate surface area is 247 Å². The predicted molar refractivity (Wildman–Crippen MR) is 159 cm³/mol. The fraction of sp³-hybridized carbons (Fsp3) is 0.600. The first-order valence-corrected chi connectivity index (χ1v) is 15.0. The van der Waals surface area contributed by atoms with Crippen LogP contribution in [0.2, 0.25) is 0 Å². The summed E-state index contributed by atoms with van der Waals surface area (Å²) < 4.78 is 11.4. The molecule has 0 unspecified atom stereocenters. The van der Waals surface area contributed by atoms with Crippen molar-refractivity contribution in [3.05, 3.63) is 41.9 Å². The van der Waals surface area contributed by atoms with Crippen molar-refractivity contribution in [3.63, 3.8) is 0 Å². The Morgan fingerprint density at radius 1 is 1.14 bits per heavy atom. The van der Waals surface area contributed by atoms with Crippen molar-refractivity contribution in [1.82, 2.24) is 35.9 Å². The maximum absolute atomic E-state index is 9.78. The van der Waals surface area contributed by atoms with Crippen LogP contribution in [0.1, 0.15) is 63.8 Å². The molecular formula is C30H42N10O2. The zero-order valence-corrected chi connectivity index (χ0v) is 24.8. The first-order valence-electron chi connectivity index (χ1n) is 15.0. The Morgan fingerprint density at radius 2 is 1.93 bits per heavy atom. The van der Waals surface area contributed by atoms with Crippen molar-refractivity contribution in [2.45, 2.75) is 90.1 Å². The van der Waals surface area contributed by atoms with Gasteiger partial charge in [-0.2, -0.15) is 10.5 Å². The van der Waals surface area contributed by atoms with Gasteiger partial charge in [-0.1, -0.05) is 11.3 Å². The highest BCUT2D eigenvalue weighted by molar-refractivity contribution is 5.68. The first-order chi connectivity index (χ1) is 20.4. The van der Waals surface area contributed by atoms with E-state index in [1.807, 2.05) is 24.4 Å². The molecule has 12 heteroatoms. The summed E-state index contributed by atoms with van der Waals surface area (Å²) in [5, 5.41) is 34.5. The highest BCUT2D eigenvalue weighted by Gasteiger charge is 2.32. The number of hydrogen-bond acceptors (Lipinski definition) is 11. The summed E-state index contributed by atoms with van der Waals surface area (Å²) in [5.41, 5.74) is 2.60. The maximum atomic E-state index is 9.78. The molecule has 12 nitrogen and oxygen atoms in total. The van der Waals surface area contributed by atoms with Gasteiger partial charge < -0.3 is 25.4 Å². The van der Waals surface area contributed by atoms with Gasteiger partial charge in [-0.3, -0.25) is 0 Å². The highest BCUT2D eigenvalue weighted by Crippen LogP contribution is 2.31. The van der Waals surface area contributed by atoms with E-state index in [-0.39, 0.29) is 12.1 Å². The van der Waals surface area contributed by atoms with E-state index in [9.17, 15) is 5.26 Å². The lowest BCUT2D eigenvalue weighted by atomic mass is 9.82. The molecule has 4 heterocycles. The number of hydrogen-bond donors (Lipinski definition) is 4. The minimum absolute atomic E-state index is 0.0335. The zero-order chi connectivity index (χ0) is 29.4. The predicted octanol–water partition coefficient (Wildman–Crippen LogP) is 4.00. The molecule has 1 saturated heterocycles. The van der Waals surface area contributed by atoms with E-state index in [1.54, 1.807) is 0 Å². The number of ether oxygens (including phenoxy) is 2. The largest absolute Gasteiger partial charge is 0.381 e. The summed E-state index contributed by atoms with van der Waals surface area (Å²) in [7, 11) is 0. The van der Waals surface area contributed by atoms with Gasteiger partial charge in [0, 0.05) is 49.6 Å². The fourth-order valence-electron chi connectivity index (χ4n) is 5.63. The average molecular weight is 575 g/mol. The molecule has 2 fully saturated rings. The Morgan fingerprint density at radius 3 is 2.67 bits per heavy atom. The molecule has 1 saturated carbocycles. The van der Waals surface area contributed by atoms with Gasteiger partial charge in [0.25, 0.3) is 0 Å². The lowest BCUT2D eigenvalue weighted by molar-refractivity contribution is 0.0237. The molecule has 224 valence electrons. The van der Waals surface area contributed by atoms with E-state index >= 15 is 0 Å². The minimum Gasteiger partial charge on any atom is -0.381 e. The van der Waals surface area contributed by atoms with Gasteiger partial charge in [0.1, 0.15) is 18.2 Å². The van der Waals surface area contributed by atoms with Crippen LogP contribution in [0.4, 0.5) is 11.6 Å². The van der Waals surface area contributed by atoms with E-state index in [2.05, 4.69) is 74.5 Å². The number of nitrogens with zero attached hydrogens (tertiary/aromatic N) is 6. The third-order valence-electron chi connectivity index (χ3n) is 8.57. The Hall–Kier alpha value is -3.66. The number of anilines is 2. The molecule has 3 aromatic rings. The van der Waals surface area contributed by atoms with Crippen LogP contribution in [-0.2, 0) is 16.1 Å². The Kier molecular flexibility index (Phi) is 9.94. The molecule has 0 bridgehead atoms. The quantitative estimate of drug-likeness (QED) is 0.248. The standard InChI is InChI=1S/C30H42N10O2/c1-20-16-32-28(15-25(20)26-5-4-6-27(36-26)33-19-30(18-31)11-13-41-14-12-30)35-24-9-7-23(8-10-24)34-21(2)22(3)42-17-29-37-39-40-38-29/h4-6,15-16,21-24,34H,7-14,17,19H2,1-3H3,(H,32,35)(H,33,36)(H,37,38,39,40)/t21-,22+,23?,24?/m1/s1. The van der Waals surface area contributed by atoms with Gasteiger partial charge in [-0.25, -0.2) is 9.97 Å². The topological polar surface area (TPSA) is 159 Å². The number of H-pyrrole nitrogens is 1. The van der Waals surface area contributed by atoms with Gasteiger partial charge >= 0.3 is 0 Å². The SMILES string of the molecule is Cc1cnc(NC2CCC(N[C@H](C)[C@H](C)OCc3nn[nH]n3)CC2)cc1-c1cccc(NCC2(C#N)CCOCC2)n1. The van der Waals surface area contributed by atoms with E-state index in [0.717, 1.165) is 67.0 Å². The molecule has 1 aliphatic heterocycles. The van der Waals surface area contributed by atoms with Gasteiger partial charge in [0.15, 0.2) is 5.82 Å². The van der Waals surface area contributed by atoms with Crippen LogP contribution in [0.15, 0.2) is 30.5 Å². The molecule has 2 aliphatic rings. The highest BCUT2D eigenvalue weighted by atomic mass is 16.5. The molecule has 0 amide bonds. The van der Waals surface area contributed by atoms with Crippen molar-refractivity contribution in [2.24, 2.45) is 5.41 Å². The van der Waals surface area contributed by atoms with Crippen molar-refractivity contribution in [2.75, 3.05) is 30.4 Å². The Bertz CT molecular complexity index is 1310. The van der Waals surface area contributed by atoms with E-state index < -0.39 is 5.41 Å². The number of tetrazole rings is 1. The molecule has 42 heavy (non-hydrogen) atoms. The lowest BCUT2D eigenvalue weighted by Gasteiger charge is -2.33. The molecule has 4 N–H and O–H groups in total. The van der Waals surface area contributed by atoms with Crippen LogP contribution in [0, 0.1) is 23.7 Å². The second-order valence-corrected chi connectivity index (χ2v) is 11.6. The number of nitrogens with one attached hydrogen (secondary N) is 4. The third kappa shape index (κ3) is 7.79. The first kappa shape index (κ1) is 29.8. The number of aryl methyl sites for hydroxylation is 1. The molecule has 3 aromatic heterocycles. The Balaban J connectivity index is 1.12. The molecule has 0 aromatic carbocycles. The van der Waals surface area contributed by atoms with Crippen LogP contribution in [-0.4, -0.2) is 74.6 Å². The zero-order valence-electron chi connectivity index (χ0n) is 24.8. The number of aromatic amines is 1. The molecule has 0 spiro atoms. The van der Waals surface area contributed by atoms with Crippen LogP contribution in [0.3, 0.4) is 0 Å². The number of pyridine rings is 2. The number of rotatable bonds is 12. The second kappa shape index (κ2) is 14.0. The fourth-order valence-corrected chi connectivity index (χ4v) is 5.63. The second-order valence-electron chi connectivity index (χ2n) is 11.6. The number of nitriles is 1. The summed E-state index contributed by atoms with van der Waals surface area (Å²) >= 11 is 0. The van der Waals surface area contributed by atoms with Gasteiger partial charge in [-0.15, -0.1) is 10.2 Å². The third-order valence-corrected chi connectivity index (χ3v) is 8.57. The van der Waals surface area contributed by atoms with Crippen LogP contribution < -0.4 is 16.0 Å². The summed E-state index contributed by atoms with van der Waals surface area (Å²) in [6, 6.07) is 11.6. The molecule has 1 aliphatic carbocycles. The number of aromatic nitrogens is 6. The van der Waals surface area contributed by atoms with Gasteiger partial charge in [-0.05, 0) is 83.1 Å². The smallest absolute Gasteiger partial charge is 0.200 e. The van der Waals surface area contributed by atoms with Crippen LogP contribution in [0.5, 0.6) is 0 Å².